The van der Waals surface area contributed by atoms with Crippen molar-refractivity contribution in [2.75, 3.05) is 18.5 Å². The first-order chi connectivity index (χ1) is 9.48. The summed E-state index contributed by atoms with van der Waals surface area (Å²) in [6.07, 6.45) is 0. The first-order valence-corrected chi connectivity index (χ1v) is 8.61. The number of halogens is 1. The second-order valence-corrected chi connectivity index (χ2v) is 7.46. The number of ether oxygens (including phenoxy) is 1. The van der Waals surface area contributed by atoms with Gasteiger partial charge in [-0.05, 0) is 29.1 Å². The van der Waals surface area contributed by atoms with E-state index in [1.165, 1.54) is 22.7 Å². The quantitative estimate of drug-likeness (QED) is 0.790. The van der Waals surface area contributed by atoms with Crippen LogP contribution in [0.15, 0.2) is 39.9 Å². The Morgan fingerprint density at radius 2 is 2.10 bits per heavy atom. The minimum atomic E-state index is -3.57. The van der Waals surface area contributed by atoms with Crippen molar-refractivity contribution >= 4 is 38.6 Å². The molecular weight excluding hydrogens is 318 g/mol. The molecule has 0 radical (unpaired) electrons. The molecule has 0 saturated carbocycles. The first-order valence-electron chi connectivity index (χ1n) is 5.75. The average molecular weight is 332 g/mol. The van der Waals surface area contributed by atoms with E-state index in [0.29, 0.717) is 17.3 Å². The molecule has 0 spiro atoms. The van der Waals surface area contributed by atoms with Crippen LogP contribution in [0.3, 0.4) is 0 Å². The predicted molar refractivity (Wildman–Crippen MR) is 82.5 cm³/mol. The molecule has 0 aliphatic rings. The molecule has 0 aliphatic carbocycles. The van der Waals surface area contributed by atoms with Crippen LogP contribution < -0.4 is 9.04 Å². The number of thiophene rings is 1. The summed E-state index contributed by atoms with van der Waals surface area (Å²) in [5.41, 5.74) is 1.35. The highest BCUT2D eigenvalue weighted by atomic mass is 35.5. The minimum Gasteiger partial charge on any atom is -0.497 e. The Hall–Kier alpha value is -1.24. The fourth-order valence-corrected chi connectivity index (χ4v) is 4.45. The van der Waals surface area contributed by atoms with Gasteiger partial charge in [-0.1, -0.05) is 6.07 Å². The van der Waals surface area contributed by atoms with Crippen LogP contribution in [0.1, 0.15) is 5.56 Å². The molecule has 20 heavy (non-hydrogen) atoms. The molecule has 0 unspecified atom stereocenters. The Kier molecular flexibility index (Phi) is 4.57. The average Bonchev–Trinajstić information content (AvgIpc) is 2.96. The Labute approximate surface area is 127 Å². The fourth-order valence-electron chi connectivity index (χ4n) is 1.64. The maximum atomic E-state index is 12.5. The van der Waals surface area contributed by atoms with Crippen LogP contribution in [0.5, 0.6) is 5.75 Å². The second-order valence-electron chi connectivity index (χ2n) is 4.08. The standard InChI is InChI=1S/C13H14ClNO3S2/c1-15(11-4-3-5-12(7-11)18-2)20(16,17)13-6-10(8-14)9-19-13/h3-7,9H,8H2,1-2H3. The van der Waals surface area contributed by atoms with Crippen molar-refractivity contribution in [3.05, 3.63) is 41.3 Å². The number of benzene rings is 1. The lowest BCUT2D eigenvalue weighted by molar-refractivity contribution is 0.415. The van der Waals surface area contributed by atoms with Crippen LogP contribution in [0.4, 0.5) is 5.69 Å². The molecule has 1 heterocycles. The lowest BCUT2D eigenvalue weighted by Crippen LogP contribution is -2.25. The van der Waals surface area contributed by atoms with Gasteiger partial charge in [0.1, 0.15) is 9.96 Å². The predicted octanol–water partition coefficient (Wildman–Crippen LogP) is 3.32. The van der Waals surface area contributed by atoms with Gasteiger partial charge < -0.3 is 4.74 Å². The highest BCUT2D eigenvalue weighted by molar-refractivity contribution is 7.94. The van der Waals surface area contributed by atoms with Crippen LogP contribution in [0, 0.1) is 0 Å². The summed E-state index contributed by atoms with van der Waals surface area (Å²) < 4.78 is 31.6. The number of anilines is 1. The van der Waals surface area contributed by atoms with Gasteiger partial charge in [-0.15, -0.1) is 22.9 Å². The molecule has 0 N–H and O–H groups in total. The van der Waals surface area contributed by atoms with Crippen molar-refractivity contribution in [1.29, 1.82) is 0 Å². The molecule has 4 nitrogen and oxygen atoms in total. The largest absolute Gasteiger partial charge is 0.497 e. The van der Waals surface area contributed by atoms with E-state index in [0.717, 1.165) is 5.56 Å². The zero-order valence-corrected chi connectivity index (χ0v) is 13.4. The van der Waals surface area contributed by atoms with Crippen LogP contribution >= 0.6 is 22.9 Å². The van der Waals surface area contributed by atoms with E-state index in [1.807, 2.05) is 0 Å². The summed E-state index contributed by atoms with van der Waals surface area (Å²) in [6, 6.07) is 8.51. The van der Waals surface area contributed by atoms with Gasteiger partial charge in [0.25, 0.3) is 10.0 Å². The number of hydrogen-bond acceptors (Lipinski definition) is 4. The molecule has 1 aromatic carbocycles. The van der Waals surface area contributed by atoms with Gasteiger partial charge in [0.05, 0.1) is 12.8 Å². The van der Waals surface area contributed by atoms with Gasteiger partial charge in [-0.3, -0.25) is 4.31 Å². The first kappa shape index (κ1) is 15.2. The fraction of sp³-hybridized carbons (Fsp3) is 0.231. The summed E-state index contributed by atoms with van der Waals surface area (Å²) >= 11 is 6.88. The molecule has 0 amide bonds. The van der Waals surface area contributed by atoms with E-state index in [2.05, 4.69) is 0 Å². The maximum Gasteiger partial charge on any atom is 0.273 e. The number of sulfonamides is 1. The van der Waals surface area contributed by atoms with Crippen molar-refractivity contribution in [3.63, 3.8) is 0 Å². The van der Waals surface area contributed by atoms with Crippen molar-refractivity contribution in [2.45, 2.75) is 10.1 Å². The molecule has 0 saturated heterocycles. The van der Waals surface area contributed by atoms with E-state index >= 15 is 0 Å². The van der Waals surface area contributed by atoms with Crippen molar-refractivity contribution < 1.29 is 13.2 Å². The molecule has 2 rings (SSSR count). The zero-order valence-electron chi connectivity index (χ0n) is 11.0. The van der Waals surface area contributed by atoms with Crippen molar-refractivity contribution in [1.82, 2.24) is 0 Å². The van der Waals surface area contributed by atoms with E-state index in [4.69, 9.17) is 16.3 Å². The Morgan fingerprint density at radius 3 is 2.70 bits per heavy atom. The van der Waals surface area contributed by atoms with Crippen LogP contribution in [0.2, 0.25) is 0 Å². The van der Waals surface area contributed by atoms with E-state index in [1.54, 1.807) is 42.8 Å². The summed E-state index contributed by atoms with van der Waals surface area (Å²) in [6.45, 7) is 0. The molecule has 0 atom stereocenters. The Bertz CT molecular complexity index is 697. The van der Waals surface area contributed by atoms with Gasteiger partial charge in [0.2, 0.25) is 0 Å². The van der Waals surface area contributed by atoms with E-state index in [-0.39, 0.29) is 4.21 Å². The molecule has 7 heteroatoms. The topological polar surface area (TPSA) is 46.6 Å². The van der Waals surface area contributed by atoms with E-state index in [9.17, 15) is 8.42 Å². The summed E-state index contributed by atoms with van der Waals surface area (Å²) in [5, 5.41) is 1.75. The van der Waals surface area contributed by atoms with Crippen LogP contribution in [0.25, 0.3) is 0 Å². The Morgan fingerprint density at radius 1 is 1.35 bits per heavy atom. The third-order valence-electron chi connectivity index (χ3n) is 2.82. The number of hydrogen-bond donors (Lipinski definition) is 0. The number of nitrogens with zero attached hydrogens (tertiary/aromatic N) is 1. The van der Waals surface area contributed by atoms with Gasteiger partial charge in [0, 0.05) is 19.0 Å². The maximum absolute atomic E-state index is 12.5. The molecule has 0 fully saturated rings. The highest BCUT2D eigenvalue weighted by Gasteiger charge is 2.23. The second kappa shape index (κ2) is 6.03. The van der Waals surface area contributed by atoms with Gasteiger partial charge in [0.15, 0.2) is 0 Å². The molecule has 108 valence electrons. The van der Waals surface area contributed by atoms with Crippen molar-refractivity contribution in [2.24, 2.45) is 0 Å². The number of rotatable bonds is 5. The van der Waals surface area contributed by atoms with Gasteiger partial charge >= 0.3 is 0 Å². The highest BCUT2D eigenvalue weighted by Crippen LogP contribution is 2.29. The Balaban J connectivity index is 2.37. The molecule has 1 aromatic heterocycles. The van der Waals surface area contributed by atoms with Gasteiger partial charge in [-0.2, -0.15) is 0 Å². The molecule has 0 bridgehead atoms. The third kappa shape index (κ3) is 2.92. The smallest absolute Gasteiger partial charge is 0.273 e. The number of alkyl halides is 1. The monoisotopic (exact) mass is 331 g/mol. The van der Waals surface area contributed by atoms with E-state index < -0.39 is 10.0 Å². The molecule has 2 aromatic rings. The summed E-state index contributed by atoms with van der Waals surface area (Å²) in [7, 11) is -0.509. The normalized spacial score (nSPS) is 11.3. The summed E-state index contributed by atoms with van der Waals surface area (Å²) in [5.74, 6) is 0.909. The van der Waals surface area contributed by atoms with Gasteiger partial charge in [-0.25, -0.2) is 8.42 Å². The van der Waals surface area contributed by atoms with Crippen molar-refractivity contribution in [3.8, 4) is 5.75 Å². The molecule has 0 aliphatic heterocycles. The zero-order chi connectivity index (χ0) is 14.8. The SMILES string of the molecule is COc1cccc(N(C)S(=O)(=O)c2cc(CCl)cs2)c1. The lowest BCUT2D eigenvalue weighted by atomic mass is 10.3. The lowest BCUT2D eigenvalue weighted by Gasteiger charge is -2.18. The third-order valence-corrected chi connectivity index (χ3v) is 6.37. The van der Waals surface area contributed by atoms with Crippen LogP contribution in [-0.4, -0.2) is 22.6 Å². The summed E-state index contributed by atoms with van der Waals surface area (Å²) in [4.78, 5) is 0. The number of methoxy groups -OCH3 is 1. The minimum absolute atomic E-state index is 0.276. The van der Waals surface area contributed by atoms with Crippen LogP contribution in [-0.2, 0) is 15.9 Å². The molecular formula is C13H14ClNO3S2.